The number of esters is 1. The molecule has 0 fully saturated rings. The van der Waals surface area contributed by atoms with Crippen LogP contribution in [0, 0.1) is 0 Å². The molecule has 2 amide bonds. The van der Waals surface area contributed by atoms with Crippen LogP contribution in [0.2, 0.25) is 0 Å². The molecule has 0 aromatic heterocycles. The Labute approximate surface area is 244 Å². The maximum atomic E-state index is 12.7. The summed E-state index contributed by atoms with van der Waals surface area (Å²) in [7, 11) is 1.33. The second kappa shape index (κ2) is 24.4. The van der Waals surface area contributed by atoms with Crippen molar-refractivity contribution in [3.63, 3.8) is 0 Å². The third-order valence-electron chi connectivity index (χ3n) is 7.50. The lowest BCUT2D eigenvalue weighted by molar-refractivity contribution is -0.117. The van der Waals surface area contributed by atoms with Gasteiger partial charge in [0.15, 0.2) is 0 Å². The molecule has 228 valence electrons. The van der Waals surface area contributed by atoms with Crippen molar-refractivity contribution in [3.8, 4) is 0 Å². The second-order valence-corrected chi connectivity index (χ2v) is 11.2. The minimum atomic E-state index is -0.478. The van der Waals surface area contributed by atoms with Gasteiger partial charge in [-0.3, -0.25) is 9.59 Å². The van der Waals surface area contributed by atoms with Crippen LogP contribution in [0.3, 0.4) is 0 Å². The zero-order valence-electron chi connectivity index (χ0n) is 25.9. The van der Waals surface area contributed by atoms with Crippen molar-refractivity contribution in [2.45, 2.75) is 155 Å². The van der Waals surface area contributed by atoms with E-state index in [4.69, 9.17) is 4.74 Å². The number of amides is 2. The van der Waals surface area contributed by atoms with Crippen molar-refractivity contribution in [1.82, 2.24) is 0 Å². The number of hydrogen-bond donors (Lipinski definition) is 2. The highest BCUT2D eigenvalue weighted by atomic mass is 16.5. The number of benzene rings is 1. The Bertz CT molecular complexity index is 824. The lowest BCUT2D eigenvalue weighted by Gasteiger charge is -2.14. The lowest BCUT2D eigenvalue weighted by Crippen LogP contribution is -2.17. The molecule has 1 rings (SSSR count). The molecule has 1 aromatic rings. The van der Waals surface area contributed by atoms with Crippen molar-refractivity contribution in [1.29, 1.82) is 0 Å². The summed E-state index contributed by atoms with van der Waals surface area (Å²) < 4.78 is 4.83. The SMILES string of the molecule is CCCCCCCCCCCCC(=O)Nc1ccc(C(=O)OC)cc1NC(=O)CCCCCCCCCCCC. The molecule has 0 aliphatic heterocycles. The molecule has 0 atom stereocenters. The van der Waals surface area contributed by atoms with Gasteiger partial charge in [0.05, 0.1) is 24.0 Å². The summed E-state index contributed by atoms with van der Waals surface area (Å²) in [6.45, 7) is 4.48. The molecular weight excluding hydrogens is 500 g/mol. The van der Waals surface area contributed by atoms with Crippen molar-refractivity contribution >= 4 is 29.2 Å². The van der Waals surface area contributed by atoms with Crippen LogP contribution >= 0.6 is 0 Å². The molecule has 0 radical (unpaired) electrons. The van der Waals surface area contributed by atoms with Crippen molar-refractivity contribution < 1.29 is 19.1 Å². The van der Waals surface area contributed by atoms with Crippen molar-refractivity contribution in [2.75, 3.05) is 17.7 Å². The molecule has 6 nitrogen and oxygen atoms in total. The Morgan fingerprint density at radius 2 is 0.925 bits per heavy atom. The number of unbranched alkanes of at least 4 members (excludes halogenated alkanes) is 18. The number of anilines is 2. The fourth-order valence-corrected chi connectivity index (χ4v) is 4.97. The standard InChI is InChI=1S/C34H58N2O4/c1-4-6-8-10-12-14-16-18-20-22-24-32(37)35-30-27-26-29(34(39)40-3)28-31(30)36-33(38)25-23-21-19-17-15-13-11-9-7-5-2/h26-28H,4-25H2,1-3H3,(H,35,37)(H,36,38). The Morgan fingerprint density at radius 3 is 1.32 bits per heavy atom. The molecule has 40 heavy (non-hydrogen) atoms. The normalized spacial score (nSPS) is 10.9. The highest BCUT2D eigenvalue weighted by Crippen LogP contribution is 2.25. The predicted molar refractivity (Wildman–Crippen MR) is 168 cm³/mol. The number of ether oxygens (including phenoxy) is 1. The van der Waals surface area contributed by atoms with E-state index in [-0.39, 0.29) is 11.8 Å². The number of carbonyl (C=O) groups is 3. The van der Waals surface area contributed by atoms with Gasteiger partial charge in [-0.1, -0.05) is 129 Å². The first kappa shape index (κ1) is 35.7. The molecule has 0 aliphatic carbocycles. The van der Waals surface area contributed by atoms with Crippen LogP contribution in [-0.4, -0.2) is 24.9 Å². The van der Waals surface area contributed by atoms with E-state index in [1.165, 1.54) is 97.0 Å². The zero-order chi connectivity index (χ0) is 29.3. The van der Waals surface area contributed by atoms with E-state index >= 15 is 0 Å². The molecule has 0 saturated heterocycles. The summed E-state index contributed by atoms with van der Waals surface area (Å²) in [4.78, 5) is 37.3. The van der Waals surface area contributed by atoms with Gasteiger partial charge in [0.2, 0.25) is 11.8 Å². The van der Waals surface area contributed by atoms with Gasteiger partial charge in [-0.05, 0) is 31.0 Å². The average molecular weight is 559 g/mol. The van der Waals surface area contributed by atoms with Crippen LogP contribution in [0.1, 0.15) is 165 Å². The molecule has 0 bridgehead atoms. The monoisotopic (exact) mass is 558 g/mol. The zero-order valence-corrected chi connectivity index (χ0v) is 25.9. The first-order valence-electron chi connectivity index (χ1n) is 16.3. The molecule has 0 unspecified atom stereocenters. The maximum Gasteiger partial charge on any atom is 0.337 e. The molecule has 6 heteroatoms. The topological polar surface area (TPSA) is 84.5 Å². The minimum Gasteiger partial charge on any atom is -0.465 e. The lowest BCUT2D eigenvalue weighted by atomic mass is 10.1. The minimum absolute atomic E-state index is 0.0735. The Kier molecular flexibility index (Phi) is 21.8. The number of carbonyl (C=O) groups excluding carboxylic acids is 3. The summed E-state index contributed by atoms with van der Waals surface area (Å²) in [6.07, 6.45) is 25.2. The molecule has 1 aromatic carbocycles. The summed E-state index contributed by atoms with van der Waals surface area (Å²) in [5.74, 6) is -0.657. The first-order chi connectivity index (χ1) is 19.5. The van der Waals surface area contributed by atoms with E-state index in [2.05, 4.69) is 24.5 Å². The van der Waals surface area contributed by atoms with Gasteiger partial charge in [0.25, 0.3) is 0 Å². The van der Waals surface area contributed by atoms with Crippen molar-refractivity contribution in [3.05, 3.63) is 23.8 Å². The highest BCUT2D eigenvalue weighted by Gasteiger charge is 2.14. The summed E-state index contributed by atoms with van der Waals surface area (Å²) >= 11 is 0. The predicted octanol–water partition coefficient (Wildman–Crippen LogP) is 9.97. The molecule has 0 spiro atoms. The molecule has 0 aliphatic rings. The van der Waals surface area contributed by atoms with Crippen molar-refractivity contribution in [2.24, 2.45) is 0 Å². The van der Waals surface area contributed by atoms with Crippen LogP contribution < -0.4 is 10.6 Å². The summed E-state index contributed by atoms with van der Waals surface area (Å²) in [6, 6.07) is 4.86. The van der Waals surface area contributed by atoms with Crippen LogP contribution in [0.25, 0.3) is 0 Å². The maximum absolute atomic E-state index is 12.7. The van der Waals surface area contributed by atoms with Crippen LogP contribution in [0.4, 0.5) is 11.4 Å². The van der Waals surface area contributed by atoms with E-state index in [1.807, 2.05) is 0 Å². The largest absolute Gasteiger partial charge is 0.465 e. The second-order valence-electron chi connectivity index (χ2n) is 11.2. The smallest absolute Gasteiger partial charge is 0.337 e. The Balaban J connectivity index is 2.41. The van der Waals surface area contributed by atoms with Gasteiger partial charge in [0.1, 0.15) is 0 Å². The molecular formula is C34H58N2O4. The van der Waals surface area contributed by atoms with Gasteiger partial charge in [0, 0.05) is 12.8 Å². The van der Waals surface area contributed by atoms with E-state index in [0.717, 1.165) is 38.5 Å². The molecule has 0 heterocycles. The molecule has 2 N–H and O–H groups in total. The highest BCUT2D eigenvalue weighted by molar-refractivity contribution is 6.01. The Hall–Kier alpha value is -2.37. The first-order valence-corrected chi connectivity index (χ1v) is 16.3. The quantitative estimate of drug-likeness (QED) is 0.0923. The summed E-state index contributed by atoms with van der Waals surface area (Å²) in [5, 5.41) is 5.85. The Morgan fingerprint density at radius 1 is 0.550 bits per heavy atom. The van der Waals surface area contributed by atoms with Crippen LogP contribution in [0.15, 0.2) is 18.2 Å². The van der Waals surface area contributed by atoms with E-state index in [1.54, 1.807) is 18.2 Å². The van der Waals surface area contributed by atoms with E-state index < -0.39 is 5.97 Å². The van der Waals surface area contributed by atoms with Gasteiger partial charge < -0.3 is 15.4 Å². The van der Waals surface area contributed by atoms with Crippen LogP contribution in [0.5, 0.6) is 0 Å². The third-order valence-corrected chi connectivity index (χ3v) is 7.50. The average Bonchev–Trinajstić information content (AvgIpc) is 2.95. The summed E-state index contributed by atoms with van der Waals surface area (Å²) in [5.41, 5.74) is 1.29. The van der Waals surface area contributed by atoms with Gasteiger partial charge in [-0.15, -0.1) is 0 Å². The number of nitrogens with one attached hydrogen (secondary N) is 2. The third kappa shape index (κ3) is 18.1. The van der Waals surface area contributed by atoms with E-state index in [9.17, 15) is 14.4 Å². The van der Waals surface area contributed by atoms with Crippen LogP contribution in [-0.2, 0) is 14.3 Å². The van der Waals surface area contributed by atoms with Gasteiger partial charge in [-0.2, -0.15) is 0 Å². The van der Waals surface area contributed by atoms with Gasteiger partial charge >= 0.3 is 5.97 Å². The number of methoxy groups -OCH3 is 1. The number of hydrogen-bond acceptors (Lipinski definition) is 4. The van der Waals surface area contributed by atoms with E-state index in [0.29, 0.717) is 29.8 Å². The number of rotatable bonds is 25. The fraction of sp³-hybridized carbons (Fsp3) is 0.735. The molecule has 0 saturated carbocycles. The fourth-order valence-electron chi connectivity index (χ4n) is 4.97. The van der Waals surface area contributed by atoms with Gasteiger partial charge in [-0.25, -0.2) is 4.79 Å².